The number of rotatable bonds is 4. The molecule has 0 aliphatic carbocycles. The third kappa shape index (κ3) is 2.30. The van der Waals surface area contributed by atoms with E-state index in [1.54, 1.807) is 18.2 Å². The fourth-order valence-electron chi connectivity index (χ4n) is 1.04. The van der Waals surface area contributed by atoms with Crippen molar-refractivity contribution in [2.45, 2.75) is 16.8 Å². The van der Waals surface area contributed by atoms with Gasteiger partial charge in [0.2, 0.25) is 15.3 Å². The van der Waals surface area contributed by atoms with Crippen molar-refractivity contribution in [2.75, 3.05) is 6.54 Å². The monoisotopic (exact) mass is 217 g/mol. The molecule has 5 heteroatoms. The minimum atomic E-state index is -3.85. The summed E-state index contributed by atoms with van der Waals surface area (Å²) in [6.07, 6.45) is -0.169. The number of nitrogens with two attached hydrogens (primary N) is 1. The van der Waals surface area contributed by atoms with Gasteiger partial charge < -0.3 is 5.73 Å². The van der Waals surface area contributed by atoms with Crippen LogP contribution in [0.3, 0.4) is 0 Å². The van der Waals surface area contributed by atoms with Crippen LogP contribution in [0.1, 0.15) is 6.42 Å². The molecule has 0 saturated heterocycles. The van der Waals surface area contributed by atoms with Crippen molar-refractivity contribution in [2.24, 2.45) is 5.73 Å². The molecule has 1 atom stereocenters. The maximum absolute atomic E-state index is 13.2. The van der Waals surface area contributed by atoms with E-state index in [1.807, 2.05) is 0 Å². The molecule has 1 aromatic carbocycles. The van der Waals surface area contributed by atoms with Crippen molar-refractivity contribution < 1.29 is 12.8 Å². The Hall–Kier alpha value is -0.940. The lowest BCUT2D eigenvalue weighted by atomic mass is 10.4. The molecule has 0 spiro atoms. The van der Waals surface area contributed by atoms with Gasteiger partial charge in [-0.1, -0.05) is 18.2 Å². The van der Waals surface area contributed by atoms with Crippen molar-refractivity contribution in [3.05, 3.63) is 30.3 Å². The average molecular weight is 217 g/mol. The summed E-state index contributed by atoms with van der Waals surface area (Å²) in [5.41, 5.74) is 3.19. The van der Waals surface area contributed by atoms with Crippen molar-refractivity contribution in [1.29, 1.82) is 0 Å². The van der Waals surface area contributed by atoms with Crippen LogP contribution in [0.5, 0.6) is 0 Å². The first-order chi connectivity index (χ1) is 6.59. The van der Waals surface area contributed by atoms with Crippen LogP contribution in [-0.2, 0) is 9.84 Å². The van der Waals surface area contributed by atoms with E-state index in [-0.39, 0.29) is 17.9 Å². The topological polar surface area (TPSA) is 60.2 Å². The molecule has 2 N–H and O–H groups in total. The molecule has 0 radical (unpaired) electrons. The van der Waals surface area contributed by atoms with E-state index < -0.39 is 15.3 Å². The Morgan fingerprint density at radius 1 is 1.29 bits per heavy atom. The number of sulfone groups is 1. The molecular weight excluding hydrogens is 205 g/mol. The first-order valence-corrected chi connectivity index (χ1v) is 5.76. The van der Waals surface area contributed by atoms with Gasteiger partial charge in [-0.15, -0.1) is 0 Å². The molecule has 0 aliphatic rings. The highest BCUT2D eigenvalue weighted by Gasteiger charge is 2.25. The summed E-state index contributed by atoms with van der Waals surface area (Å²) in [5.74, 6) is 0. The molecule has 1 aromatic rings. The van der Waals surface area contributed by atoms with Gasteiger partial charge in [-0.25, -0.2) is 12.8 Å². The maximum atomic E-state index is 13.2. The predicted octanol–water partition coefficient (Wildman–Crippen LogP) is 1.10. The van der Waals surface area contributed by atoms with Crippen LogP contribution in [0.15, 0.2) is 35.2 Å². The van der Waals surface area contributed by atoms with E-state index in [0.717, 1.165) is 0 Å². The van der Waals surface area contributed by atoms with Gasteiger partial charge in [0.25, 0.3) is 0 Å². The van der Waals surface area contributed by atoms with Crippen LogP contribution in [-0.4, -0.2) is 20.5 Å². The molecule has 14 heavy (non-hydrogen) atoms. The van der Waals surface area contributed by atoms with E-state index in [2.05, 4.69) is 0 Å². The van der Waals surface area contributed by atoms with E-state index in [0.29, 0.717) is 0 Å². The fourth-order valence-corrected chi connectivity index (χ4v) is 2.32. The lowest BCUT2D eigenvalue weighted by molar-refractivity contribution is 0.402. The molecule has 3 nitrogen and oxygen atoms in total. The SMILES string of the molecule is NCCC(F)S(=O)(=O)c1ccccc1. The second-order valence-corrected chi connectivity index (χ2v) is 4.92. The normalized spacial score (nSPS) is 13.9. The quantitative estimate of drug-likeness (QED) is 0.821. The zero-order chi connectivity index (χ0) is 10.6. The van der Waals surface area contributed by atoms with E-state index in [9.17, 15) is 12.8 Å². The van der Waals surface area contributed by atoms with Crippen LogP contribution >= 0.6 is 0 Å². The number of benzene rings is 1. The zero-order valence-electron chi connectivity index (χ0n) is 7.56. The summed E-state index contributed by atoms with van der Waals surface area (Å²) in [4.78, 5) is 0.000880. The molecule has 0 aliphatic heterocycles. The first kappa shape index (κ1) is 11.1. The minimum absolute atomic E-state index is 0.000880. The number of hydrogen-bond donors (Lipinski definition) is 1. The molecule has 78 valence electrons. The van der Waals surface area contributed by atoms with Crippen LogP contribution in [0.2, 0.25) is 0 Å². The minimum Gasteiger partial charge on any atom is -0.330 e. The first-order valence-electron chi connectivity index (χ1n) is 4.22. The van der Waals surface area contributed by atoms with Crippen LogP contribution in [0.4, 0.5) is 4.39 Å². The smallest absolute Gasteiger partial charge is 0.210 e. The third-order valence-electron chi connectivity index (χ3n) is 1.80. The Balaban J connectivity index is 2.97. The van der Waals surface area contributed by atoms with E-state index in [4.69, 9.17) is 5.73 Å². The Labute approximate surface area is 82.7 Å². The summed E-state index contributed by atoms with van der Waals surface area (Å²) in [6.45, 7) is 0.0211. The van der Waals surface area contributed by atoms with Crippen LogP contribution in [0, 0.1) is 0 Å². The van der Waals surface area contributed by atoms with Gasteiger partial charge in [-0.3, -0.25) is 0 Å². The number of halogens is 1. The molecule has 0 amide bonds. The number of alkyl halides is 1. The van der Waals surface area contributed by atoms with Gasteiger partial charge in [0, 0.05) is 6.42 Å². The Bertz CT molecular complexity index is 377. The van der Waals surface area contributed by atoms with Gasteiger partial charge in [0.1, 0.15) is 0 Å². The van der Waals surface area contributed by atoms with Gasteiger partial charge in [0.15, 0.2) is 0 Å². The van der Waals surface area contributed by atoms with Crippen molar-refractivity contribution in [3.63, 3.8) is 0 Å². The summed E-state index contributed by atoms with van der Waals surface area (Å²) in [7, 11) is -3.85. The van der Waals surface area contributed by atoms with Gasteiger partial charge in [0.05, 0.1) is 4.90 Å². The highest BCUT2D eigenvalue weighted by molar-refractivity contribution is 7.91. The lowest BCUT2D eigenvalue weighted by Gasteiger charge is -2.08. The van der Waals surface area contributed by atoms with Crippen LogP contribution in [0.25, 0.3) is 0 Å². The fraction of sp³-hybridized carbons (Fsp3) is 0.333. The van der Waals surface area contributed by atoms with Crippen molar-refractivity contribution in [3.8, 4) is 0 Å². The highest BCUT2D eigenvalue weighted by atomic mass is 32.2. The largest absolute Gasteiger partial charge is 0.330 e. The number of hydrogen-bond acceptors (Lipinski definition) is 3. The molecule has 1 unspecified atom stereocenters. The Morgan fingerprint density at radius 3 is 2.36 bits per heavy atom. The molecule has 0 aromatic heterocycles. The lowest BCUT2D eigenvalue weighted by Crippen LogP contribution is -2.20. The molecule has 1 rings (SSSR count). The van der Waals surface area contributed by atoms with Gasteiger partial charge in [-0.05, 0) is 18.7 Å². The summed E-state index contributed by atoms with van der Waals surface area (Å²) in [5, 5.41) is 0. The molecule has 0 bridgehead atoms. The zero-order valence-corrected chi connectivity index (χ0v) is 8.37. The van der Waals surface area contributed by atoms with E-state index in [1.165, 1.54) is 12.1 Å². The van der Waals surface area contributed by atoms with Crippen LogP contribution < -0.4 is 5.73 Å². The Morgan fingerprint density at radius 2 is 1.86 bits per heavy atom. The van der Waals surface area contributed by atoms with Crippen molar-refractivity contribution in [1.82, 2.24) is 0 Å². The van der Waals surface area contributed by atoms with E-state index >= 15 is 0 Å². The summed E-state index contributed by atoms with van der Waals surface area (Å²) in [6, 6.07) is 7.54. The summed E-state index contributed by atoms with van der Waals surface area (Å²) < 4.78 is 36.2. The standard InChI is InChI=1S/C9H12FNO2S/c10-9(6-7-11)14(12,13)8-4-2-1-3-5-8/h1-5,9H,6-7,11H2. The predicted molar refractivity (Wildman–Crippen MR) is 52.2 cm³/mol. The van der Waals surface area contributed by atoms with Gasteiger partial charge >= 0.3 is 0 Å². The maximum Gasteiger partial charge on any atom is 0.210 e. The molecule has 0 fully saturated rings. The van der Waals surface area contributed by atoms with Gasteiger partial charge in [-0.2, -0.15) is 0 Å². The Kier molecular flexibility index (Phi) is 3.60. The molecule has 0 saturated carbocycles. The average Bonchev–Trinajstić information content (AvgIpc) is 2.19. The van der Waals surface area contributed by atoms with Crippen molar-refractivity contribution >= 4 is 9.84 Å². The summed E-state index contributed by atoms with van der Waals surface area (Å²) >= 11 is 0. The second-order valence-electron chi connectivity index (χ2n) is 2.85. The third-order valence-corrected chi connectivity index (χ3v) is 3.64. The second kappa shape index (κ2) is 4.52. The molecule has 0 heterocycles. The molecular formula is C9H12FNO2S. The highest BCUT2D eigenvalue weighted by Crippen LogP contribution is 2.18.